The summed E-state index contributed by atoms with van der Waals surface area (Å²) < 4.78 is 21.1. The molecule has 0 radical (unpaired) electrons. The molecule has 9 heteroatoms. The molecule has 2 aliphatic carbocycles. The van der Waals surface area contributed by atoms with Crippen LogP contribution in [-0.2, 0) is 38.1 Å². The van der Waals surface area contributed by atoms with E-state index in [4.69, 9.17) is 18.9 Å². The number of likely N-dealkylation sites (N-methyl/N-ethyl adjacent to an activating group) is 1. The second-order valence-corrected chi connectivity index (χ2v) is 15.4. The molecule has 0 aromatic rings. The number of rotatable bonds is 24. The van der Waals surface area contributed by atoms with Crippen LogP contribution < -0.4 is 0 Å². The van der Waals surface area contributed by atoms with Crippen LogP contribution in [0.4, 0.5) is 0 Å². The Morgan fingerprint density at radius 1 is 0.593 bits per heavy atom. The number of hydrogen-bond acceptors (Lipinski definition) is 9. The highest BCUT2D eigenvalue weighted by molar-refractivity contribution is 5.75. The third-order valence-electron chi connectivity index (χ3n) is 9.76. The van der Waals surface area contributed by atoms with Gasteiger partial charge in [0, 0.05) is 0 Å². The quantitative estimate of drug-likeness (QED) is 0.0412. The molecule has 0 N–H and O–H groups in total. The minimum atomic E-state index is -0.534. The van der Waals surface area contributed by atoms with Crippen molar-refractivity contribution in [1.29, 1.82) is 0 Å². The van der Waals surface area contributed by atoms with E-state index in [2.05, 4.69) is 78.0 Å². The maximum absolute atomic E-state index is 12.5. The van der Waals surface area contributed by atoms with Crippen LogP contribution in [0.3, 0.4) is 0 Å². The van der Waals surface area contributed by atoms with Crippen molar-refractivity contribution in [3.05, 3.63) is 69.9 Å². The monoisotopic (exact) mass is 752 g/mol. The van der Waals surface area contributed by atoms with Gasteiger partial charge >= 0.3 is 23.9 Å². The highest BCUT2D eigenvalue weighted by Crippen LogP contribution is 2.29. The summed E-state index contributed by atoms with van der Waals surface area (Å²) in [6.45, 7) is 12.5. The van der Waals surface area contributed by atoms with Crippen molar-refractivity contribution in [3.8, 4) is 0 Å². The lowest BCUT2D eigenvalue weighted by Crippen LogP contribution is -2.34. The number of ether oxygens (including phenoxy) is 4. The Morgan fingerprint density at radius 2 is 0.981 bits per heavy atom. The lowest BCUT2D eigenvalue weighted by atomic mass is 9.87. The largest absolute Gasteiger partial charge is 0.462 e. The smallest absolute Gasteiger partial charge is 0.320 e. The molecule has 0 bridgehead atoms. The van der Waals surface area contributed by atoms with E-state index < -0.39 is 11.9 Å². The van der Waals surface area contributed by atoms with Crippen LogP contribution in [0.2, 0.25) is 0 Å². The topological polar surface area (TPSA) is 108 Å². The lowest BCUT2D eigenvalue weighted by molar-refractivity contribution is -0.157. The second kappa shape index (κ2) is 27.0. The second-order valence-electron chi connectivity index (χ2n) is 15.4. The first-order valence-electron chi connectivity index (χ1n) is 20.1. The van der Waals surface area contributed by atoms with Gasteiger partial charge in [0.1, 0.15) is 26.4 Å². The summed E-state index contributed by atoms with van der Waals surface area (Å²) >= 11 is 0. The van der Waals surface area contributed by atoms with Gasteiger partial charge in [-0.15, -0.1) is 0 Å². The average Bonchev–Trinajstić information content (AvgIpc) is 3.12. The number of hydrogen-bond donors (Lipinski definition) is 0. The fourth-order valence-corrected chi connectivity index (χ4v) is 6.47. The molecular weight excluding hydrogens is 682 g/mol. The summed E-state index contributed by atoms with van der Waals surface area (Å²) in [5, 5.41) is 0. The Balaban J connectivity index is 1.51. The van der Waals surface area contributed by atoms with Crippen molar-refractivity contribution < 1.29 is 38.1 Å². The minimum absolute atomic E-state index is 0.00801. The van der Waals surface area contributed by atoms with Crippen LogP contribution in [0.5, 0.6) is 0 Å². The van der Waals surface area contributed by atoms with Crippen molar-refractivity contribution in [2.45, 2.75) is 131 Å². The van der Waals surface area contributed by atoms with E-state index in [0.29, 0.717) is 12.8 Å². The first-order chi connectivity index (χ1) is 25.8. The molecule has 0 heterocycles. The Kier molecular flexibility index (Phi) is 23.2. The van der Waals surface area contributed by atoms with Crippen molar-refractivity contribution >= 4 is 23.9 Å². The summed E-state index contributed by atoms with van der Waals surface area (Å²) in [5.41, 5.74) is 8.35. The Labute approximate surface area is 326 Å². The Morgan fingerprint density at radius 3 is 1.33 bits per heavy atom. The minimum Gasteiger partial charge on any atom is -0.462 e. The number of allylic oxidation sites excluding steroid dienone is 12. The first-order valence-corrected chi connectivity index (χ1v) is 20.1. The van der Waals surface area contributed by atoms with Crippen LogP contribution in [-0.4, -0.2) is 75.3 Å². The third kappa shape index (κ3) is 21.9. The highest BCUT2D eigenvalue weighted by Gasteiger charge is 2.24. The van der Waals surface area contributed by atoms with Gasteiger partial charge in [-0.05, 0) is 138 Å². The van der Waals surface area contributed by atoms with Gasteiger partial charge in [-0.1, -0.05) is 69.9 Å². The molecule has 9 nitrogen and oxygen atoms in total. The number of carbonyl (C=O) groups is 4. The fraction of sp³-hybridized carbons (Fsp3) is 0.644. The summed E-state index contributed by atoms with van der Waals surface area (Å²) in [7, 11) is 1.60. The third-order valence-corrected chi connectivity index (χ3v) is 9.76. The van der Waals surface area contributed by atoms with Gasteiger partial charge in [-0.2, -0.15) is 0 Å². The molecule has 0 aromatic carbocycles. The van der Waals surface area contributed by atoms with Crippen LogP contribution in [0.25, 0.3) is 0 Å². The molecule has 0 spiro atoms. The van der Waals surface area contributed by atoms with E-state index >= 15 is 0 Å². The van der Waals surface area contributed by atoms with Crippen LogP contribution in [0, 0.1) is 11.8 Å². The van der Waals surface area contributed by atoms with E-state index in [1.54, 1.807) is 7.05 Å². The predicted molar refractivity (Wildman–Crippen MR) is 215 cm³/mol. The molecule has 2 aliphatic rings. The number of nitrogens with zero attached hydrogens (tertiary/aromatic N) is 1. The molecule has 0 fully saturated rings. The van der Waals surface area contributed by atoms with Crippen LogP contribution >= 0.6 is 0 Å². The number of esters is 4. The van der Waals surface area contributed by atoms with Gasteiger partial charge in [0.05, 0.1) is 24.9 Å². The summed E-state index contributed by atoms with van der Waals surface area (Å²) in [4.78, 5) is 51.0. The molecule has 0 aromatic heterocycles. The van der Waals surface area contributed by atoms with Crippen molar-refractivity contribution in [2.75, 3.05) is 46.6 Å². The molecule has 0 saturated heterocycles. The van der Waals surface area contributed by atoms with E-state index in [1.807, 2.05) is 0 Å². The van der Waals surface area contributed by atoms with Gasteiger partial charge < -0.3 is 18.9 Å². The van der Waals surface area contributed by atoms with E-state index in [-0.39, 0.29) is 63.3 Å². The molecule has 0 saturated carbocycles. The molecule has 2 unspecified atom stereocenters. The van der Waals surface area contributed by atoms with E-state index in [9.17, 15) is 19.2 Å². The molecule has 0 amide bonds. The predicted octanol–water partition coefficient (Wildman–Crippen LogP) is 9.49. The normalized spacial score (nSPS) is 17.6. The summed E-state index contributed by atoms with van der Waals surface area (Å²) in [6, 6.07) is 0. The van der Waals surface area contributed by atoms with Gasteiger partial charge in [0.2, 0.25) is 0 Å². The van der Waals surface area contributed by atoms with Crippen molar-refractivity contribution in [3.63, 3.8) is 0 Å². The molecule has 54 heavy (non-hydrogen) atoms. The molecule has 302 valence electrons. The zero-order valence-corrected chi connectivity index (χ0v) is 34.5. The van der Waals surface area contributed by atoms with Crippen molar-refractivity contribution in [1.82, 2.24) is 4.90 Å². The van der Waals surface area contributed by atoms with Gasteiger partial charge in [0.15, 0.2) is 0 Å². The summed E-state index contributed by atoms with van der Waals surface area (Å²) in [5.74, 6) is -1.93. The molecule has 0 aliphatic heterocycles. The van der Waals surface area contributed by atoms with Crippen LogP contribution in [0.15, 0.2) is 69.9 Å². The zero-order valence-electron chi connectivity index (χ0n) is 34.5. The number of carbonyl (C=O) groups excluding carboxylic acids is 4. The van der Waals surface area contributed by atoms with Gasteiger partial charge in [-0.3, -0.25) is 24.1 Å². The van der Waals surface area contributed by atoms with Crippen LogP contribution in [0.1, 0.15) is 131 Å². The maximum atomic E-state index is 12.5. The zero-order chi connectivity index (χ0) is 39.7. The van der Waals surface area contributed by atoms with Crippen molar-refractivity contribution in [2.24, 2.45) is 11.8 Å². The fourth-order valence-electron chi connectivity index (χ4n) is 6.47. The Hall–Kier alpha value is -3.72. The highest BCUT2D eigenvalue weighted by atomic mass is 16.6. The molecule has 2 rings (SSSR count). The lowest BCUT2D eigenvalue weighted by Gasteiger charge is -2.21. The maximum Gasteiger partial charge on any atom is 0.320 e. The van der Waals surface area contributed by atoms with Gasteiger partial charge in [-0.25, -0.2) is 0 Å². The van der Waals surface area contributed by atoms with E-state index in [0.717, 1.165) is 77.0 Å². The van der Waals surface area contributed by atoms with Gasteiger partial charge in [0.25, 0.3) is 0 Å². The molecular formula is C45H69NO8. The SMILES string of the molecule is CC(C)=CCC/C(C)=C/CCC1=CCC(C(=O)OCCOC(=O)CN(C)CC(=O)OCCOC(=O)C2CC=C(CC/C=C(\C)CCC=C(C)C)CC2)CC1. The summed E-state index contributed by atoms with van der Waals surface area (Å²) in [6.07, 6.45) is 26.7. The van der Waals surface area contributed by atoms with E-state index in [1.165, 1.54) is 38.3 Å². The Bertz CT molecular complexity index is 1290. The standard InChI is InChI=1S/C45H69NO8/c1-34(2)12-8-14-36(5)16-10-18-38-20-24-40(25-21-38)44(49)53-30-28-51-42(47)32-46(7)33-43(48)52-29-31-54-45(50)41-26-22-39(23-27-41)19-11-17-37(6)15-9-13-35(3)4/h12-13,16-17,20,22,40-41H,8-11,14-15,18-19,21,23-33H2,1-7H3/b36-16+,37-17+. The average molecular weight is 752 g/mol. The molecule has 2 atom stereocenters. The first kappa shape index (κ1) is 46.4.